The Kier molecular flexibility index (Phi) is 4.29. The smallest absolute Gasteiger partial charge is 0.401 e. The Hall–Kier alpha value is -4.07. The number of rotatable bonds is 4. The van der Waals surface area contributed by atoms with E-state index in [2.05, 4.69) is 4.98 Å². The first-order chi connectivity index (χ1) is 13.5. The summed E-state index contributed by atoms with van der Waals surface area (Å²) in [6.07, 6.45) is 2.88. The van der Waals surface area contributed by atoms with Gasteiger partial charge in [0.25, 0.3) is 5.56 Å². The minimum Gasteiger partial charge on any atom is -0.401 e. The van der Waals surface area contributed by atoms with Crippen LogP contribution in [-0.4, -0.2) is 14.5 Å². The molecular formula is C20H12FN3O4. The molecule has 2 aromatic carbocycles. The molecule has 0 bridgehead atoms. The lowest BCUT2D eigenvalue weighted by Crippen LogP contribution is -2.23. The van der Waals surface area contributed by atoms with Crippen molar-refractivity contribution in [3.8, 4) is 5.69 Å². The van der Waals surface area contributed by atoms with Gasteiger partial charge in [-0.05, 0) is 42.5 Å². The highest BCUT2D eigenvalue weighted by molar-refractivity contribution is 5.79. The second kappa shape index (κ2) is 6.92. The van der Waals surface area contributed by atoms with Crippen molar-refractivity contribution in [2.75, 3.05) is 0 Å². The Morgan fingerprint density at radius 1 is 1.04 bits per heavy atom. The number of fused-ring (bicyclic) bond motifs is 1. The first-order valence-electron chi connectivity index (χ1n) is 8.23. The second-order valence-corrected chi connectivity index (χ2v) is 5.85. The van der Waals surface area contributed by atoms with Gasteiger partial charge in [-0.25, -0.2) is 9.37 Å². The average Bonchev–Trinajstić information content (AvgIpc) is 3.17. The molecule has 0 atom stereocenters. The summed E-state index contributed by atoms with van der Waals surface area (Å²) in [5.74, 6) is -0.621. The summed E-state index contributed by atoms with van der Waals surface area (Å²) in [5.41, 5.74) is 0.0711. The van der Waals surface area contributed by atoms with Crippen LogP contribution in [-0.2, 0) is 0 Å². The fourth-order valence-electron chi connectivity index (χ4n) is 2.81. The average molecular weight is 377 g/mol. The summed E-state index contributed by atoms with van der Waals surface area (Å²) in [4.78, 5) is 27.6. The predicted octanol–water partition coefficient (Wildman–Crippen LogP) is 4.20. The topological polar surface area (TPSA) is 91.2 Å². The fourth-order valence-corrected chi connectivity index (χ4v) is 2.81. The molecule has 2 heterocycles. The highest BCUT2D eigenvalue weighted by Crippen LogP contribution is 2.20. The summed E-state index contributed by atoms with van der Waals surface area (Å²) < 4.78 is 20.6. The van der Waals surface area contributed by atoms with E-state index >= 15 is 0 Å². The third kappa shape index (κ3) is 3.07. The van der Waals surface area contributed by atoms with Gasteiger partial charge in [0.1, 0.15) is 22.3 Å². The summed E-state index contributed by atoms with van der Waals surface area (Å²) in [6.45, 7) is 0. The maximum Gasteiger partial charge on any atom is 0.433 e. The number of hydrogen-bond donors (Lipinski definition) is 0. The quantitative estimate of drug-likeness (QED) is 0.393. The first-order valence-corrected chi connectivity index (χ1v) is 8.23. The van der Waals surface area contributed by atoms with Gasteiger partial charge in [0, 0.05) is 0 Å². The van der Waals surface area contributed by atoms with Crippen LogP contribution in [0.25, 0.3) is 28.7 Å². The molecule has 0 saturated heterocycles. The molecule has 0 aliphatic carbocycles. The van der Waals surface area contributed by atoms with Gasteiger partial charge in [-0.2, -0.15) is 0 Å². The predicted molar refractivity (Wildman–Crippen MR) is 102 cm³/mol. The normalized spacial score (nSPS) is 11.3. The number of para-hydroxylation sites is 2. The maximum atomic E-state index is 14.4. The molecule has 8 heteroatoms. The van der Waals surface area contributed by atoms with E-state index in [4.69, 9.17) is 4.42 Å². The van der Waals surface area contributed by atoms with Gasteiger partial charge < -0.3 is 4.42 Å². The summed E-state index contributed by atoms with van der Waals surface area (Å²) in [5, 5.41) is 11.1. The zero-order valence-electron chi connectivity index (χ0n) is 14.3. The van der Waals surface area contributed by atoms with Crippen molar-refractivity contribution >= 4 is 28.9 Å². The standard InChI is InChI=1S/C20H12FN3O4/c21-15-6-2-4-8-17(15)23-18(11-9-13-10-12-19(28-13)24(26)27)22-16-7-3-1-5-14(16)20(23)25/h1-12H/b11-9+. The lowest BCUT2D eigenvalue weighted by Gasteiger charge is -2.12. The van der Waals surface area contributed by atoms with E-state index in [1.807, 2.05) is 0 Å². The molecule has 0 radical (unpaired) electrons. The van der Waals surface area contributed by atoms with Gasteiger partial charge in [0.05, 0.1) is 22.7 Å². The van der Waals surface area contributed by atoms with Crippen LogP contribution in [0, 0.1) is 15.9 Å². The van der Waals surface area contributed by atoms with E-state index in [0.29, 0.717) is 10.9 Å². The van der Waals surface area contributed by atoms with Crippen molar-refractivity contribution in [1.82, 2.24) is 9.55 Å². The molecule has 0 saturated carbocycles. The molecular weight excluding hydrogens is 365 g/mol. The van der Waals surface area contributed by atoms with E-state index < -0.39 is 22.2 Å². The largest absolute Gasteiger partial charge is 0.433 e. The van der Waals surface area contributed by atoms with Crippen molar-refractivity contribution in [2.45, 2.75) is 0 Å². The van der Waals surface area contributed by atoms with Gasteiger partial charge >= 0.3 is 5.88 Å². The highest BCUT2D eigenvalue weighted by Gasteiger charge is 2.14. The molecule has 0 aliphatic rings. The van der Waals surface area contributed by atoms with E-state index in [1.165, 1.54) is 42.5 Å². The molecule has 4 aromatic rings. The molecule has 0 unspecified atom stereocenters. The number of benzene rings is 2. The number of hydrogen-bond acceptors (Lipinski definition) is 5. The van der Waals surface area contributed by atoms with Crippen molar-refractivity contribution in [3.05, 3.63) is 98.5 Å². The number of aromatic nitrogens is 2. The van der Waals surface area contributed by atoms with Crippen LogP contribution in [0.5, 0.6) is 0 Å². The lowest BCUT2D eigenvalue weighted by atomic mass is 10.2. The lowest BCUT2D eigenvalue weighted by molar-refractivity contribution is -0.402. The number of halogens is 1. The van der Waals surface area contributed by atoms with Crippen LogP contribution in [0.2, 0.25) is 0 Å². The summed E-state index contributed by atoms with van der Waals surface area (Å²) >= 11 is 0. The third-order valence-corrected chi connectivity index (χ3v) is 4.08. The van der Waals surface area contributed by atoms with E-state index in [9.17, 15) is 19.3 Å². The Balaban J connectivity index is 1.92. The van der Waals surface area contributed by atoms with Crippen molar-refractivity contribution in [1.29, 1.82) is 0 Å². The minimum absolute atomic E-state index is 0.0517. The van der Waals surface area contributed by atoms with Crippen molar-refractivity contribution in [2.24, 2.45) is 0 Å². The van der Waals surface area contributed by atoms with E-state index in [-0.39, 0.29) is 17.3 Å². The van der Waals surface area contributed by atoms with Crippen LogP contribution in [0.15, 0.2) is 69.9 Å². The number of nitro groups is 1. The second-order valence-electron chi connectivity index (χ2n) is 5.85. The Bertz CT molecular complexity index is 1290. The molecule has 0 N–H and O–H groups in total. The van der Waals surface area contributed by atoms with Gasteiger partial charge in [-0.3, -0.25) is 19.5 Å². The van der Waals surface area contributed by atoms with Crippen LogP contribution in [0.1, 0.15) is 11.6 Å². The Morgan fingerprint density at radius 2 is 1.79 bits per heavy atom. The molecule has 28 heavy (non-hydrogen) atoms. The Morgan fingerprint density at radius 3 is 2.54 bits per heavy atom. The molecule has 0 spiro atoms. The van der Waals surface area contributed by atoms with Crippen molar-refractivity contribution in [3.63, 3.8) is 0 Å². The molecule has 2 aromatic heterocycles. The van der Waals surface area contributed by atoms with Crippen LogP contribution in [0.4, 0.5) is 10.3 Å². The van der Waals surface area contributed by atoms with E-state index in [1.54, 1.807) is 30.3 Å². The minimum atomic E-state index is -0.652. The molecule has 0 aliphatic heterocycles. The molecule has 4 rings (SSSR count). The zero-order chi connectivity index (χ0) is 19.7. The molecule has 0 fully saturated rings. The van der Waals surface area contributed by atoms with Crippen molar-refractivity contribution < 1.29 is 13.7 Å². The monoisotopic (exact) mass is 377 g/mol. The van der Waals surface area contributed by atoms with Crippen LogP contribution in [0.3, 0.4) is 0 Å². The van der Waals surface area contributed by atoms with Gasteiger partial charge in [-0.1, -0.05) is 24.3 Å². The summed E-state index contributed by atoms with van der Waals surface area (Å²) in [7, 11) is 0. The molecule has 0 amide bonds. The third-order valence-electron chi connectivity index (χ3n) is 4.08. The number of furan rings is 1. The Labute approximate surface area is 157 Å². The highest BCUT2D eigenvalue weighted by atomic mass is 19.1. The summed E-state index contributed by atoms with van der Waals surface area (Å²) in [6, 6.07) is 15.2. The van der Waals surface area contributed by atoms with Crippen LogP contribution < -0.4 is 5.56 Å². The van der Waals surface area contributed by atoms with Gasteiger partial charge in [0.15, 0.2) is 0 Å². The maximum absolute atomic E-state index is 14.4. The molecule has 138 valence electrons. The number of nitrogens with zero attached hydrogens (tertiary/aromatic N) is 3. The van der Waals surface area contributed by atoms with Crippen LogP contribution >= 0.6 is 0 Å². The zero-order valence-corrected chi connectivity index (χ0v) is 14.3. The first kappa shape index (κ1) is 17.3. The van der Waals surface area contributed by atoms with Gasteiger partial charge in [0.2, 0.25) is 0 Å². The SMILES string of the molecule is O=c1c2ccccc2nc(/C=C/c2ccc([N+](=O)[O-])o2)n1-c1ccccc1F. The van der Waals surface area contributed by atoms with E-state index in [0.717, 1.165) is 4.57 Å². The molecule has 7 nitrogen and oxygen atoms in total. The van der Waals surface area contributed by atoms with Gasteiger partial charge in [-0.15, -0.1) is 0 Å². The fraction of sp³-hybridized carbons (Fsp3) is 0.